The smallest absolute Gasteiger partial charge is 0.252 e. The molecule has 4 saturated carbocycles. The molecule has 0 radical (unpaired) electrons. The number of hydrogen-bond donors (Lipinski definition) is 5. The first-order valence-corrected chi connectivity index (χ1v) is 8.68. The first kappa shape index (κ1) is 15.5. The van der Waals surface area contributed by atoms with Crippen molar-refractivity contribution in [3.05, 3.63) is 23.0 Å². The molecule has 8 N–H and O–H groups in total. The molecule has 7 nitrogen and oxygen atoms in total. The molecule has 0 heterocycles. The predicted molar refractivity (Wildman–Crippen MR) is 90.2 cm³/mol. The molecule has 7 heteroatoms. The number of nitrogens with zero attached hydrogens (tertiary/aromatic N) is 1. The number of aliphatic imine (C=N–C) groups is 1. The van der Waals surface area contributed by atoms with E-state index in [9.17, 15) is 9.90 Å². The highest BCUT2D eigenvalue weighted by molar-refractivity contribution is 5.97. The summed E-state index contributed by atoms with van der Waals surface area (Å²) in [5.41, 5.74) is 20.2. The Labute approximate surface area is 141 Å². The van der Waals surface area contributed by atoms with Gasteiger partial charge in [-0.25, -0.2) is 4.99 Å². The lowest BCUT2D eigenvalue weighted by Gasteiger charge is -2.26. The maximum atomic E-state index is 11.7. The minimum absolute atomic E-state index is 0.197. The van der Waals surface area contributed by atoms with Gasteiger partial charge in [0.15, 0.2) is 5.96 Å². The maximum absolute atomic E-state index is 11.7. The summed E-state index contributed by atoms with van der Waals surface area (Å²) in [6, 6.07) is 0.197. The van der Waals surface area contributed by atoms with Crippen molar-refractivity contribution >= 4 is 11.9 Å². The molecule has 0 aliphatic heterocycles. The van der Waals surface area contributed by atoms with Gasteiger partial charge in [-0.15, -0.1) is 0 Å². The molecule has 1 amide bonds. The third-order valence-electron chi connectivity index (χ3n) is 6.47. The Hall–Kier alpha value is -2.02. The van der Waals surface area contributed by atoms with Crippen LogP contribution in [-0.2, 0) is 4.79 Å². The summed E-state index contributed by atoms with van der Waals surface area (Å²) in [7, 11) is 0. The van der Waals surface area contributed by atoms with Gasteiger partial charge in [-0.3, -0.25) is 4.79 Å². The van der Waals surface area contributed by atoms with E-state index in [1.54, 1.807) is 0 Å². The Balaban J connectivity index is 1.45. The number of hydrogen-bond acceptors (Lipinski definition) is 4. The minimum atomic E-state index is -0.573. The molecular formula is C17H25N5O2. The zero-order chi connectivity index (χ0) is 17.1. The predicted octanol–water partition coefficient (Wildman–Crippen LogP) is -0.0399. The zero-order valence-electron chi connectivity index (χ0n) is 13.7. The van der Waals surface area contributed by atoms with E-state index in [4.69, 9.17) is 17.2 Å². The molecule has 4 rings (SSSR count). The van der Waals surface area contributed by atoms with Crippen molar-refractivity contribution in [2.75, 3.05) is 0 Å². The van der Waals surface area contributed by atoms with Crippen LogP contribution in [0.3, 0.4) is 0 Å². The average molecular weight is 331 g/mol. The number of nitrogens with two attached hydrogens (primary N) is 3. The zero-order valence-corrected chi connectivity index (χ0v) is 13.7. The normalized spacial score (nSPS) is 40.1. The van der Waals surface area contributed by atoms with Crippen molar-refractivity contribution in [3.8, 4) is 0 Å². The fraction of sp³-hybridized carbons (Fsp3) is 0.647. The highest BCUT2D eigenvalue weighted by atomic mass is 16.3. The van der Waals surface area contributed by atoms with Crippen LogP contribution >= 0.6 is 0 Å². The molecule has 0 bridgehead atoms. The van der Waals surface area contributed by atoms with Gasteiger partial charge in [-0.05, 0) is 50.5 Å². The quantitative estimate of drug-likeness (QED) is 0.279. The second-order valence-electron chi connectivity index (χ2n) is 7.70. The Bertz CT molecular complexity index is 663. The van der Waals surface area contributed by atoms with Crippen molar-refractivity contribution in [1.29, 1.82) is 0 Å². The second-order valence-corrected chi connectivity index (χ2v) is 7.70. The molecule has 0 aromatic rings. The Kier molecular flexibility index (Phi) is 3.22. The third-order valence-corrected chi connectivity index (χ3v) is 6.47. The third kappa shape index (κ3) is 2.07. The van der Waals surface area contributed by atoms with Gasteiger partial charge >= 0.3 is 0 Å². The summed E-state index contributed by atoms with van der Waals surface area (Å²) in [5.74, 6) is -0.330. The Morgan fingerprint density at radius 1 is 1.17 bits per heavy atom. The summed E-state index contributed by atoms with van der Waals surface area (Å²) >= 11 is 0. The molecule has 130 valence electrons. The minimum Gasteiger partial charge on any atom is -0.398 e. The highest BCUT2D eigenvalue weighted by Crippen LogP contribution is 3.01. The number of aliphatic hydroxyl groups excluding tert-OH is 1. The molecule has 0 aromatic heterocycles. The van der Waals surface area contributed by atoms with E-state index in [0.717, 1.165) is 25.7 Å². The van der Waals surface area contributed by atoms with E-state index in [1.807, 2.05) is 0 Å². The average Bonchev–Trinajstić information content (AvgIpc) is 3.13. The van der Waals surface area contributed by atoms with Crippen LogP contribution in [0.1, 0.15) is 44.9 Å². The van der Waals surface area contributed by atoms with E-state index in [2.05, 4.69) is 10.3 Å². The molecule has 4 aliphatic rings. The fourth-order valence-electron chi connectivity index (χ4n) is 4.85. The molecule has 0 aromatic carbocycles. The number of aliphatic hydroxyl groups is 1. The summed E-state index contributed by atoms with van der Waals surface area (Å²) in [6.07, 6.45) is 7.95. The number of nitrogens with one attached hydrogen (secondary N) is 1. The van der Waals surface area contributed by atoms with Gasteiger partial charge in [-0.1, -0.05) is 0 Å². The van der Waals surface area contributed by atoms with Crippen molar-refractivity contribution < 1.29 is 9.90 Å². The number of guanidine groups is 1. The number of allylic oxidation sites excluding steroid dienone is 1. The van der Waals surface area contributed by atoms with Gasteiger partial charge < -0.3 is 27.6 Å². The van der Waals surface area contributed by atoms with E-state index in [0.29, 0.717) is 16.5 Å². The number of amides is 1. The van der Waals surface area contributed by atoms with Crippen LogP contribution in [0.4, 0.5) is 0 Å². The van der Waals surface area contributed by atoms with Crippen molar-refractivity contribution in [3.63, 3.8) is 0 Å². The standard InChI is InChI=1S/C17H25N5O2/c18-12(13-16-5-6-17(13,16)8-16)11(14(19)24)7-21-15(20)22-9-1-3-10(23)4-2-9/h7,9-10,23H,1-6,8,18H2,(H2,19,24)(H3,20,21,22)/b11-7+,13-12?/t9-,10-,16?,17?. The number of rotatable bonds is 4. The monoisotopic (exact) mass is 331 g/mol. The summed E-state index contributed by atoms with van der Waals surface area (Å²) in [5, 5.41) is 12.6. The van der Waals surface area contributed by atoms with Crippen molar-refractivity contribution in [2.24, 2.45) is 33.0 Å². The van der Waals surface area contributed by atoms with E-state index in [-0.39, 0.29) is 23.7 Å². The number of carbonyl (C=O) groups is 1. The van der Waals surface area contributed by atoms with Crippen LogP contribution in [0.2, 0.25) is 0 Å². The van der Waals surface area contributed by atoms with Crippen LogP contribution < -0.4 is 22.5 Å². The summed E-state index contributed by atoms with van der Waals surface area (Å²) in [6.45, 7) is 0. The lowest BCUT2D eigenvalue weighted by atomic mass is 9.93. The summed E-state index contributed by atoms with van der Waals surface area (Å²) < 4.78 is 0. The molecule has 4 aliphatic carbocycles. The second kappa shape index (κ2) is 4.99. The molecule has 24 heavy (non-hydrogen) atoms. The number of primary amides is 1. The van der Waals surface area contributed by atoms with Crippen molar-refractivity contribution in [1.82, 2.24) is 5.32 Å². The lowest BCUT2D eigenvalue weighted by Crippen LogP contribution is -2.42. The topological polar surface area (TPSA) is 140 Å². The lowest BCUT2D eigenvalue weighted by molar-refractivity contribution is -0.114. The molecule has 0 saturated heterocycles. The van der Waals surface area contributed by atoms with Crippen LogP contribution in [0, 0.1) is 10.8 Å². The van der Waals surface area contributed by atoms with Gasteiger partial charge in [0.2, 0.25) is 0 Å². The highest BCUT2D eigenvalue weighted by Gasteiger charge is 2.93. The van der Waals surface area contributed by atoms with Gasteiger partial charge in [0, 0.05) is 28.8 Å². The molecule has 0 spiro atoms. The largest absolute Gasteiger partial charge is 0.398 e. The molecule has 2 unspecified atom stereocenters. The molecular weight excluding hydrogens is 306 g/mol. The van der Waals surface area contributed by atoms with E-state index in [1.165, 1.54) is 31.0 Å². The molecule has 2 atom stereocenters. The van der Waals surface area contributed by atoms with Crippen molar-refractivity contribution in [2.45, 2.75) is 57.1 Å². The van der Waals surface area contributed by atoms with Gasteiger partial charge in [0.1, 0.15) is 0 Å². The van der Waals surface area contributed by atoms with Crippen LogP contribution in [0.15, 0.2) is 28.0 Å². The number of carbonyl (C=O) groups excluding carboxylic acids is 1. The van der Waals surface area contributed by atoms with Crippen LogP contribution in [-0.4, -0.2) is 29.1 Å². The Morgan fingerprint density at radius 2 is 1.79 bits per heavy atom. The van der Waals surface area contributed by atoms with Gasteiger partial charge in [0.25, 0.3) is 5.91 Å². The van der Waals surface area contributed by atoms with Gasteiger partial charge in [-0.2, -0.15) is 0 Å². The SMILES string of the molecule is NC(=O)/C(=C/N=C(\N)N[C@H]1CC[C@H](O)CC1)C(N)=C1C23CCC12C3. The van der Waals surface area contributed by atoms with Crippen LogP contribution in [0.5, 0.6) is 0 Å². The van der Waals surface area contributed by atoms with Crippen LogP contribution in [0.25, 0.3) is 0 Å². The van der Waals surface area contributed by atoms with E-state index < -0.39 is 5.91 Å². The van der Waals surface area contributed by atoms with Gasteiger partial charge in [0.05, 0.1) is 11.7 Å². The molecule has 4 fully saturated rings. The fourth-order valence-corrected chi connectivity index (χ4v) is 4.85. The van der Waals surface area contributed by atoms with E-state index >= 15 is 0 Å². The summed E-state index contributed by atoms with van der Waals surface area (Å²) in [4.78, 5) is 15.9. The first-order chi connectivity index (χ1) is 11.4. The Morgan fingerprint density at radius 3 is 2.29 bits per heavy atom. The first-order valence-electron chi connectivity index (χ1n) is 8.68. The maximum Gasteiger partial charge on any atom is 0.252 e.